The Labute approximate surface area is 168 Å². The van der Waals surface area contributed by atoms with Gasteiger partial charge in [0.15, 0.2) is 0 Å². The van der Waals surface area contributed by atoms with Crippen LogP contribution in [0.2, 0.25) is 0 Å². The molecule has 5 heteroatoms. The van der Waals surface area contributed by atoms with Crippen LogP contribution in [0.4, 0.5) is 0 Å². The van der Waals surface area contributed by atoms with E-state index in [9.17, 15) is 9.90 Å². The third-order valence-corrected chi connectivity index (χ3v) is 6.65. The van der Waals surface area contributed by atoms with Crippen LogP contribution in [0.15, 0.2) is 30.3 Å². The van der Waals surface area contributed by atoms with Gasteiger partial charge in [-0.1, -0.05) is 37.3 Å². The van der Waals surface area contributed by atoms with Crippen LogP contribution >= 0.6 is 0 Å². The zero-order valence-corrected chi connectivity index (χ0v) is 17.6. The van der Waals surface area contributed by atoms with Gasteiger partial charge in [0.1, 0.15) is 11.5 Å². The number of hydrogen-bond acceptors (Lipinski definition) is 3. The quantitative estimate of drug-likeness (QED) is 0.372. The number of rotatable bonds is 5. The fourth-order valence-corrected chi connectivity index (χ4v) is 4.68. The van der Waals surface area contributed by atoms with E-state index in [0.29, 0.717) is 18.5 Å². The van der Waals surface area contributed by atoms with E-state index in [-0.39, 0.29) is 42.7 Å². The first-order valence-corrected chi connectivity index (χ1v) is 9.15. The molecule has 1 aromatic rings. The summed E-state index contributed by atoms with van der Waals surface area (Å²) in [6.45, 7) is 1.72. The average molecular weight is 459 g/mol. The number of carbonyl (C=O) groups excluding carboxylic acids is 1. The van der Waals surface area contributed by atoms with Gasteiger partial charge in [-0.3, -0.25) is 4.79 Å². The maximum absolute atomic E-state index is 13.0. The normalized spacial score (nSPS) is 29.4. The first-order valence-electron chi connectivity index (χ1n) is 9.15. The SMILES string of the molecule is CCC(CO)(C(=O)OC1C[C@H]2CC[C@@H](C1)[N+]2(C)C)c1ccccc1.[I-]. The maximum atomic E-state index is 13.0. The van der Waals surface area contributed by atoms with Crippen molar-refractivity contribution in [1.29, 1.82) is 0 Å². The van der Waals surface area contributed by atoms with E-state index in [4.69, 9.17) is 4.74 Å². The van der Waals surface area contributed by atoms with Crippen molar-refractivity contribution in [2.24, 2.45) is 0 Å². The maximum Gasteiger partial charge on any atom is 0.319 e. The molecule has 0 amide bonds. The molecule has 1 N–H and O–H groups in total. The number of quaternary nitrogens is 1. The van der Waals surface area contributed by atoms with Crippen molar-refractivity contribution in [3.8, 4) is 0 Å². The molecule has 2 aliphatic rings. The molecule has 4 nitrogen and oxygen atoms in total. The lowest BCUT2D eigenvalue weighted by Crippen LogP contribution is -3.00. The summed E-state index contributed by atoms with van der Waals surface area (Å²) in [5.41, 5.74) is -0.0998. The minimum absolute atomic E-state index is 0. The molecule has 2 unspecified atom stereocenters. The molecule has 1 aromatic carbocycles. The molecule has 0 spiro atoms. The van der Waals surface area contributed by atoms with Crippen molar-refractivity contribution < 1.29 is 43.1 Å². The van der Waals surface area contributed by atoms with Crippen LogP contribution in [0.25, 0.3) is 0 Å². The molecule has 0 aromatic heterocycles. The topological polar surface area (TPSA) is 46.5 Å². The van der Waals surface area contributed by atoms with Crippen LogP contribution in [-0.4, -0.2) is 54.4 Å². The number of piperidine rings is 1. The van der Waals surface area contributed by atoms with Crippen LogP contribution in [0, 0.1) is 0 Å². The van der Waals surface area contributed by atoms with E-state index in [1.165, 1.54) is 12.8 Å². The molecule has 25 heavy (non-hydrogen) atoms. The van der Waals surface area contributed by atoms with Crippen molar-refractivity contribution in [2.75, 3.05) is 20.7 Å². The Balaban J connectivity index is 0.00000225. The van der Waals surface area contributed by atoms with Crippen molar-refractivity contribution in [3.63, 3.8) is 0 Å². The average Bonchev–Trinajstić information content (AvgIpc) is 2.76. The Kier molecular flexibility index (Phi) is 6.55. The Hall–Kier alpha value is -0.660. The molecular weight excluding hydrogens is 429 g/mol. The van der Waals surface area contributed by atoms with Gasteiger partial charge in [-0.05, 0) is 12.0 Å². The standard InChI is InChI=1S/C20H30NO3.HI/c1-4-20(14-22,15-8-6-5-7-9-15)19(23)24-18-12-16-10-11-17(13-18)21(16,2)3;/h5-9,16-18,22H,4,10-14H2,1-3H3;1H/q+1;/p-1/t16-,17+,18?,20?;. The van der Waals surface area contributed by atoms with E-state index in [1.807, 2.05) is 37.3 Å². The van der Waals surface area contributed by atoms with Crippen molar-refractivity contribution in [2.45, 2.75) is 62.6 Å². The minimum atomic E-state index is -0.942. The first kappa shape index (κ1) is 20.6. The largest absolute Gasteiger partial charge is 1.00 e. The van der Waals surface area contributed by atoms with Gasteiger partial charge in [0, 0.05) is 25.7 Å². The molecule has 4 atom stereocenters. The fraction of sp³-hybridized carbons (Fsp3) is 0.650. The highest BCUT2D eigenvalue weighted by atomic mass is 127. The van der Waals surface area contributed by atoms with Crippen LogP contribution in [0.3, 0.4) is 0 Å². The second-order valence-corrected chi connectivity index (χ2v) is 7.97. The van der Waals surface area contributed by atoms with Gasteiger partial charge in [0.05, 0.1) is 32.8 Å². The molecule has 2 heterocycles. The van der Waals surface area contributed by atoms with Gasteiger partial charge in [-0.25, -0.2) is 0 Å². The number of halogens is 1. The van der Waals surface area contributed by atoms with E-state index >= 15 is 0 Å². The summed E-state index contributed by atoms with van der Waals surface area (Å²) in [6.07, 6.45) is 4.85. The number of nitrogens with zero attached hydrogens (tertiary/aromatic N) is 1. The summed E-state index contributed by atoms with van der Waals surface area (Å²) < 4.78 is 7.02. The summed E-state index contributed by atoms with van der Waals surface area (Å²) in [6, 6.07) is 10.7. The van der Waals surface area contributed by atoms with Gasteiger partial charge in [-0.15, -0.1) is 0 Å². The molecule has 140 valence electrons. The number of aliphatic hydroxyl groups excluding tert-OH is 1. The summed E-state index contributed by atoms with van der Waals surface area (Å²) in [5, 5.41) is 10.0. The minimum Gasteiger partial charge on any atom is -1.00 e. The number of ether oxygens (including phenoxy) is 1. The lowest BCUT2D eigenvalue weighted by Gasteiger charge is -2.44. The smallest absolute Gasteiger partial charge is 0.319 e. The molecule has 2 aliphatic heterocycles. The summed E-state index contributed by atoms with van der Waals surface area (Å²) in [5.74, 6) is -0.268. The molecule has 2 saturated heterocycles. The molecule has 2 bridgehead atoms. The second-order valence-electron chi connectivity index (χ2n) is 7.97. The monoisotopic (exact) mass is 459 g/mol. The van der Waals surface area contributed by atoms with Gasteiger partial charge >= 0.3 is 5.97 Å². The van der Waals surface area contributed by atoms with Crippen LogP contribution in [0.5, 0.6) is 0 Å². The predicted octanol–water partition coefficient (Wildman–Crippen LogP) is -0.356. The highest BCUT2D eigenvalue weighted by Gasteiger charge is 2.51. The predicted molar refractivity (Wildman–Crippen MR) is 93.5 cm³/mol. The van der Waals surface area contributed by atoms with E-state index < -0.39 is 5.41 Å². The number of esters is 1. The van der Waals surface area contributed by atoms with Crippen LogP contribution < -0.4 is 24.0 Å². The number of benzene rings is 1. The zero-order valence-electron chi connectivity index (χ0n) is 15.5. The lowest BCUT2D eigenvalue weighted by molar-refractivity contribution is -0.931. The molecular formula is C20H30INO3. The van der Waals surface area contributed by atoms with Gasteiger partial charge < -0.3 is 38.3 Å². The number of aliphatic hydroxyl groups is 1. The lowest BCUT2D eigenvalue weighted by atomic mass is 9.78. The number of hydrogen-bond donors (Lipinski definition) is 1. The van der Waals surface area contributed by atoms with E-state index in [2.05, 4.69) is 14.1 Å². The van der Waals surface area contributed by atoms with Gasteiger partial charge in [-0.2, -0.15) is 0 Å². The number of fused-ring (bicyclic) bond motifs is 2. The molecule has 0 saturated carbocycles. The first-order chi connectivity index (χ1) is 11.4. The van der Waals surface area contributed by atoms with Crippen molar-refractivity contribution >= 4 is 5.97 Å². The Bertz CT molecular complexity index is 570. The Morgan fingerprint density at radius 3 is 2.24 bits per heavy atom. The van der Waals surface area contributed by atoms with E-state index in [0.717, 1.165) is 22.9 Å². The van der Waals surface area contributed by atoms with Crippen LogP contribution in [-0.2, 0) is 14.9 Å². The summed E-state index contributed by atoms with van der Waals surface area (Å²) in [4.78, 5) is 13.0. The molecule has 0 aliphatic carbocycles. The van der Waals surface area contributed by atoms with Gasteiger partial charge in [0.25, 0.3) is 0 Å². The third-order valence-electron chi connectivity index (χ3n) is 6.65. The van der Waals surface area contributed by atoms with E-state index in [1.54, 1.807) is 0 Å². The van der Waals surface area contributed by atoms with Crippen LogP contribution in [0.1, 0.15) is 44.6 Å². The summed E-state index contributed by atoms with van der Waals surface area (Å²) >= 11 is 0. The fourth-order valence-electron chi connectivity index (χ4n) is 4.68. The third kappa shape index (κ3) is 3.60. The zero-order chi connectivity index (χ0) is 17.4. The highest BCUT2D eigenvalue weighted by Crippen LogP contribution is 2.41. The summed E-state index contributed by atoms with van der Waals surface area (Å²) in [7, 11) is 4.60. The second kappa shape index (κ2) is 7.92. The molecule has 0 radical (unpaired) electrons. The Morgan fingerprint density at radius 2 is 1.76 bits per heavy atom. The number of carbonyl (C=O) groups is 1. The van der Waals surface area contributed by atoms with Gasteiger partial charge in [0.2, 0.25) is 0 Å². The Morgan fingerprint density at radius 1 is 1.20 bits per heavy atom. The highest BCUT2D eigenvalue weighted by molar-refractivity contribution is 5.83. The molecule has 3 rings (SSSR count). The molecule has 2 fully saturated rings. The van der Waals surface area contributed by atoms with Crippen molar-refractivity contribution in [3.05, 3.63) is 35.9 Å². The van der Waals surface area contributed by atoms with Crippen molar-refractivity contribution in [1.82, 2.24) is 0 Å².